The van der Waals surface area contributed by atoms with E-state index >= 15 is 0 Å². The zero-order valence-electron chi connectivity index (χ0n) is 10.7. The second-order valence-electron chi connectivity index (χ2n) is 4.52. The molecule has 1 unspecified atom stereocenters. The summed E-state index contributed by atoms with van der Waals surface area (Å²) in [6.07, 6.45) is 3.76. The van der Waals surface area contributed by atoms with Crippen LogP contribution in [0.25, 0.3) is 0 Å². The van der Waals surface area contributed by atoms with Crippen LogP contribution in [-0.4, -0.2) is 58.0 Å². The number of nitrogens with two attached hydrogens (primary N) is 1. The molecule has 4 heteroatoms. The van der Waals surface area contributed by atoms with Crippen LogP contribution in [0.15, 0.2) is 0 Å². The average Bonchev–Trinajstić information content (AvgIpc) is 3.10. The van der Waals surface area contributed by atoms with Crippen LogP contribution in [0, 0.1) is 5.92 Å². The van der Waals surface area contributed by atoms with E-state index in [2.05, 4.69) is 4.90 Å². The summed E-state index contributed by atoms with van der Waals surface area (Å²) in [4.78, 5) is 2.47. The zero-order valence-corrected chi connectivity index (χ0v) is 10.7. The van der Waals surface area contributed by atoms with Gasteiger partial charge in [-0.05, 0) is 25.2 Å². The molecule has 1 aliphatic carbocycles. The Labute approximate surface area is 99.1 Å². The van der Waals surface area contributed by atoms with E-state index in [1.807, 2.05) is 0 Å². The number of nitrogens with zero attached hydrogens (tertiary/aromatic N) is 1. The molecule has 0 amide bonds. The molecular formula is C12H26N2O2. The van der Waals surface area contributed by atoms with Gasteiger partial charge in [-0.3, -0.25) is 4.90 Å². The van der Waals surface area contributed by atoms with Gasteiger partial charge in [-0.2, -0.15) is 0 Å². The van der Waals surface area contributed by atoms with Crippen molar-refractivity contribution in [2.24, 2.45) is 11.7 Å². The molecule has 0 aromatic rings. The highest BCUT2D eigenvalue weighted by atomic mass is 16.5. The third-order valence-corrected chi connectivity index (χ3v) is 3.25. The van der Waals surface area contributed by atoms with Gasteiger partial charge in [-0.1, -0.05) is 0 Å². The van der Waals surface area contributed by atoms with Gasteiger partial charge in [0.15, 0.2) is 0 Å². The van der Waals surface area contributed by atoms with Crippen molar-refractivity contribution in [2.75, 3.05) is 47.1 Å². The molecule has 0 aromatic carbocycles. The minimum absolute atomic E-state index is 0.548. The second kappa shape index (κ2) is 8.01. The fraction of sp³-hybridized carbons (Fsp3) is 1.00. The molecule has 0 bridgehead atoms. The van der Waals surface area contributed by atoms with Crippen molar-refractivity contribution in [2.45, 2.75) is 25.3 Å². The first-order valence-electron chi connectivity index (χ1n) is 6.25. The second-order valence-corrected chi connectivity index (χ2v) is 4.52. The third kappa shape index (κ3) is 4.78. The largest absolute Gasteiger partial charge is 0.385 e. The monoisotopic (exact) mass is 230 g/mol. The van der Waals surface area contributed by atoms with Gasteiger partial charge in [0.2, 0.25) is 0 Å². The van der Waals surface area contributed by atoms with E-state index in [0.717, 1.165) is 45.2 Å². The molecule has 0 spiro atoms. The first-order chi connectivity index (χ1) is 7.83. The molecule has 1 rings (SSSR count). The van der Waals surface area contributed by atoms with E-state index in [1.165, 1.54) is 12.8 Å². The zero-order chi connectivity index (χ0) is 11.8. The summed E-state index contributed by atoms with van der Waals surface area (Å²) in [6, 6.07) is 0.548. The van der Waals surface area contributed by atoms with Gasteiger partial charge in [0, 0.05) is 46.5 Å². The number of hydrogen-bond donors (Lipinski definition) is 1. The molecular weight excluding hydrogens is 204 g/mol. The number of hydrogen-bond acceptors (Lipinski definition) is 4. The van der Waals surface area contributed by atoms with Gasteiger partial charge in [-0.15, -0.1) is 0 Å². The van der Waals surface area contributed by atoms with E-state index in [1.54, 1.807) is 14.2 Å². The van der Waals surface area contributed by atoms with Gasteiger partial charge >= 0.3 is 0 Å². The maximum Gasteiger partial charge on any atom is 0.0589 e. The molecule has 1 atom stereocenters. The third-order valence-electron chi connectivity index (χ3n) is 3.25. The standard InChI is InChI=1S/C12H26N2O2/c1-15-8-3-6-14(7-9-16-2)12(10-13)11-4-5-11/h11-12H,3-10,13H2,1-2H3. The SMILES string of the molecule is COCCCN(CCOC)C(CN)C1CC1. The molecule has 0 saturated heterocycles. The highest BCUT2D eigenvalue weighted by molar-refractivity contribution is 4.88. The Morgan fingerprint density at radius 2 is 1.88 bits per heavy atom. The Hall–Kier alpha value is -0.160. The lowest BCUT2D eigenvalue weighted by Gasteiger charge is -2.30. The van der Waals surface area contributed by atoms with Crippen molar-refractivity contribution in [3.63, 3.8) is 0 Å². The van der Waals surface area contributed by atoms with Gasteiger partial charge in [0.1, 0.15) is 0 Å². The van der Waals surface area contributed by atoms with Crippen molar-refractivity contribution in [1.29, 1.82) is 0 Å². The minimum Gasteiger partial charge on any atom is -0.385 e. The molecule has 16 heavy (non-hydrogen) atoms. The van der Waals surface area contributed by atoms with Crippen LogP contribution in [0.4, 0.5) is 0 Å². The van der Waals surface area contributed by atoms with Crippen molar-refractivity contribution in [1.82, 2.24) is 4.90 Å². The Kier molecular flexibility index (Phi) is 6.96. The molecule has 4 nitrogen and oxygen atoms in total. The van der Waals surface area contributed by atoms with Crippen molar-refractivity contribution in [3.8, 4) is 0 Å². The molecule has 1 saturated carbocycles. The number of ether oxygens (including phenoxy) is 2. The molecule has 0 radical (unpaired) electrons. The first kappa shape index (κ1) is 13.9. The van der Waals surface area contributed by atoms with E-state index in [0.29, 0.717) is 6.04 Å². The lowest BCUT2D eigenvalue weighted by molar-refractivity contribution is 0.101. The summed E-state index contributed by atoms with van der Waals surface area (Å²) in [7, 11) is 3.50. The summed E-state index contributed by atoms with van der Waals surface area (Å²) >= 11 is 0. The molecule has 2 N–H and O–H groups in total. The summed E-state index contributed by atoms with van der Waals surface area (Å²) in [5.74, 6) is 0.824. The lowest BCUT2D eigenvalue weighted by Crippen LogP contribution is -2.44. The van der Waals surface area contributed by atoms with Gasteiger partial charge in [0.05, 0.1) is 6.61 Å². The van der Waals surface area contributed by atoms with Crippen LogP contribution in [0.1, 0.15) is 19.3 Å². The fourth-order valence-corrected chi connectivity index (χ4v) is 2.18. The molecule has 0 aromatic heterocycles. The van der Waals surface area contributed by atoms with Crippen LogP contribution in [0.3, 0.4) is 0 Å². The topological polar surface area (TPSA) is 47.7 Å². The van der Waals surface area contributed by atoms with E-state index < -0.39 is 0 Å². The van der Waals surface area contributed by atoms with E-state index in [4.69, 9.17) is 15.2 Å². The number of methoxy groups -OCH3 is 2. The van der Waals surface area contributed by atoms with Crippen molar-refractivity contribution < 1.29 is 9.47 Å². The smallest absolute Gasteiger partial charge is 0.0589 e. The van der Waals surface area contributed by atoms with Crippen LogP contribution in [0.2, 0.25) is 0 Å². The van der Waals surface area contributed by atoms with Crippen LogP contribution in [-0.2, 0) is 9.47 Å². The lowest BCUT2D eigenvalue weighted by atomic mass is 10.1. The van der Waals surface area contributed by atoms with Crippen LogP contribution < -0.4 is 5.73 Å². The predicted octanol–water partition coefficient (Wildman–Crippen LogP) is 0.709. The van der Waals surface area contributed by atoms with Crippen molar-refractivity contribution in [3.05, 3.63) is 0 Å². The first-order valence-corrected chi connectivity index (χ1v) is 6.25. The Morgan fingerprint density at radius 1 is 1.19 bits per heavy atom. The highest BCUT2D eigenvalue weighted by Gasteiger charge is 2.33. The molecule has 1 fully saturated rings. The summed E-state index contributed by atoms with van der Waals surface area (Å²) < 4.78 is 10.3. The normalized spacial score (nSPS) is 18.0. The van der Waals surface area contributed by atoms with Gasteiger partial charge < -0.3 is 15.2 Å². The average molecular weight is 230 g/mol. The van der Waals surface area contributed by atoms with Gasteiger partial charge in [0.25, 0.3) is 0 Å². The van der Waals surface area contributed by atoms with Gasteiger partial charge in [-0.25, -0.2) is 0 Å². The molecule has 96 valence electrons. The fourth-order valence-electron chi connectivity index (χ4n) is 2.18. The molecule has 1 aliphatic rings. The van der Waals surface area contributed by atoms with E-state index in [9.17, 15) is 0 Å². The Balaban J connectivity index is 2.33. The number of rotatable bonds is 10. The van der Waals surface area contributed by atoms with Crippen LogP contribution >= 0.6 is 0 Å². The van der Waals surface area contributed by atoms with E-state index in [-0.39, 0.29) is 0 Å². The Bertz CT molecular complexity index is 174. The molecule has 0 aliphatic heterocycles. The molecule has 0 heterocycles. The summed E-state index contributed by atoms with van der Waals surface area (Å²) in [5.41, 5.74) is 5.88. The maximum atomic E-state index is 5.88. The maximum absolute atomic E-state index is 5.88. The predicted molar refractivity (Wildman–Crippen MR) is 65.5 cm³/mol. The van der Waals surface area contributed by atoms with Crippen LogP contribution in [0.5, 0.6) is 0 Å². The summed E-state index contributed by atoms with van der Waals surface area (Å²) in [6.45, 7) is 4.43. The quantitative estimate of drug-likeness (QED) is 0.562. The highest BCUT2D eigenvalue weighted by Crippen LogP contribution is 2.34. The summed E-state index contributed by atoms with van der Waals surface area (Å²) in [5, 5.41) is 0. The van der Waals surface area contributed by atoms with Crippen molar-refractivity contribution >= 4 is 0 Å². The minimum atomic E-state index is 0.548. The Morgan fingerprint density at radius 3 is 2.38 bits per heavy atom.